The van der Waals surface area contributed by atoms with Gasteiger partial charge in [0.2, 0.25) is 0 Å². The van der Waals surface area contributed by atoms with Crippen molar-refractivity contribution in [2.75, 3.05) is 12.0 Å². The van der Waals surface area contributed by atoms with Crippen LogP contribution in [0.5, 0.6) is 0 Å². The fourth-order valence-electron chi connectivity index (χ4n) is 0.544. The van der Waals surface area contributed by atoms with Crippen LogP contribution >= 0.6 is 11.8 Å². The second-order valence-corrected chi connectivity index (χ2v) is 2.83. The molecule has 0 bridgehead atoms. The standard InChI is InChI=1S/C8H15S/c1-3-4-5-6-7-8-9-2/h6-7H,1,3-5,8H2,2H3. The Balaban J connectivity index is 2.86. The zero-order chi connectivity index (χ0) is 6.95. The lowest BCUT2D eigenvalue weighted by Crippen LogP contribution is -1.69. The molecule has 1 heteroatoms. The molecule has 0 aromatic carbocycles. The normalized spacial score (nSPS) is 10.9. The van der Waals surface area contributed by atoms with Crippen LogP contribution < -0.4 is 0 Å². The summed E-state index contributed by atoms with van der Waals surface area (Å²) >= 11 is 1.86. The molecule has 53 valence electrons. The van der Waals surface area contributed by atoms with E-state index < -0.39 is 0 Å². The highest BCUT2D eigenvalue weighted by molar-refractivity contribution is 7.98. The second kappa shape index (κ2) is 8.09. The molecule has 0 unspecified atom stereocenters. The van der Waals surface area contributed by atoms with Crippen LogP contribution in [0.3, 0.4) is 0 Å². The van der Waals surface area contributed by atoms with Crippen molar-refractivity contribution in [2.45, 2.75) is 19.3 Å². The number of rotatable bonds is 5. The maximum atomic E-state index is 3.76. The quantitative estimate of drug-likeness (QED) is 0.421. The molecule has 0 N–H and O–H groups in total. The minimum absolute atomic E-state index is 1.06. The van der Waals surface area contributed by atoms with Gasteiger partial charge < -0.3 is 0 Å². The Bertz CT molecular complexity index is 67.0. The van der Waals surface area contributed by atoms with Gasteiger partial charge in [0.15, 0.2) is 0 Å². The minimum atomic E-state index is 1.06. The van der Waals surface area contributed by atoms with Crippen LogP contribution in [0.1, 0.15) is 19.3 Å². The molecule has 0 amide bonds. The van der Waals surface area contributed by atoms with E-state index in [0.29, 0.717) is 0 Å². The molecule has 0 saturated heterocycles. The molecule has 1 radical (unpaired) electrons. The van der Waals surface area contributed by atoms with Gasteiger partial charge in [0.25, 0.3) is 0 Å². The van der Waals surface area contributed by atoms with Gasteiger partial charge in [-0.25, -0.2) is 0 Å². The van der Waals surface area contributed by atoms with Crippen LogP contribution in [-0.2, 0) is 0 Å². The third kappa shape index (κ3) is 8.09. The van der Waals surface area contributed by atoms with Gasteiger partial charge in [-0.2, -0.15) is 11.8 Å². The van der Waals surface area contributed by atoms with E-state index in [1.807, 2.05) is 11.8 Å². The van der Waals surface area contributed by atoms with Crippen molar-refractivity contribution < 1.29 is 0 Å². The molecule has 0 aromatic rings. The summed E-state index contributed by atoms with van der Waals surface area (Å²) in [5, 5.41) is 0. The van der Waals surface area contributed by atoms with E-state index in [0.717, 1.165) is 12.2 Å². The average Bonchev–Trinajstić information content (AvgIpc) is 1.89. The Hall–Kier alpha value is 0.0900. The molecule has 0 aromatic heterocycles. The zero-order valence-corrected chi connectivity index (χ0v) is 6.91. The van der Waals surface area contributed by atoms with Crippen LogP contribution in [0.15, 0.2) is 12.2 Å². The Kier molecular flexibility index (Phi) is 8.17. The summed E-state index contributed by atoms with van der Waals surface area (Å²) in [6, 6.07) is 0. The fourth-order valence-corrected chi connectivity index (χ4v) is 0.873. The summed E-state index contributed by atoms with van der Waals surface area (Å²) in [7, 11) is 0. The maximum Gasteiger partial charge on any atom is 0.0110 e. The molecular weight excluding hydrogens is 128 g/mol. The molecule has 0 saturated carbocycles. The SMILES string of the molecule is [CH2]CCCC=CCSC. The molecule has 9 heavy (non-hydrogen) atoms. The lowest BCUT2D eigenvalue weighted by Gasteiger charge is -1.87. The number of hydrogen-bond acceptors (Lipinski definition) is 1. The van der Waals surface area contributed by atoms with Crippen molar-refractivity contribution in [2.24, 2.45) is 0 Å². The molecule has 0 heterocycles. The van der Waals surface area contributed by atoms with Crippen molar-refractivity contribution in [3.63, 3.8) is 0 Å². The first-order chi connectivity index (χ1) is 4.41. The van der Waals surface area contributed by atoms with E-state index in [1.165, 1.54) is 12.8 Å². The van der Waals surface area contributed by atoms with E-state index in [1.54, 1.807) is 0 Å². The lowest BCUT2D eigenvalue weighted by atomic mass is 10.2. The van der Waals surface area contributed by atoms with Crippen molar-refractivity contribution >= 4 is 11.8 Å². The third-order valence-corrected chi connectivity index (χ3v) is 1.58. The predicted molar refractivity (Wildman–Crippen MR) is 46.7 cm³/mol. The molecule has 0 nitrogen and oxygen atoms in total. The molecule has 0 atom stereocenters. The highest BCUT2D eigenvalue weighted by atomic mass is 32.2. The van der Waals surface area contributed by atoms with E-state index in [-0.39, 0.29) is 0 Å². The van der Waals surface area contributed by atoms with Crippen LogP contribution in [0, 0.1) is 6.92 Å². The van der Waals surface area contributed by atoms with Crippen molar-refractivity contribution in [3.05, 3.63) is 19.1 Å². The smallest absolute Gasteiger partial charge is 0.0110 e. The van der Waals surface area contributed by atoms with Crippen LogP contribution in [-0.4, -0.2) is 12.0 Å². The van der Waals surface area contributed by atoms with Crippen molar-refractivity contribution in [3.8, 4) is 0 Å². The van der Waals surface area contributed by atoms with Crippen molar-refractivity contribution in [1.82, 2.24) is 0 Å². The molecule has 0 aliphatic rings. The summed E-state index contributed by atoms with van der Waals surface area (Å²) < 4.78 is 0. The third-order valence-electron chi connectivity index (χ3n) is 1.05. The molecule has 0 aliphatic carbocycles. The summed E-state index contributed by atoms with van der Waals surface area (Å²) in [5.41, 5.74) is 0. The Labute approximate surface area is 62.7 Å². The number of hydrogen-bond donors (Lipinski definition) is 0. The van der Waals surface area contributed by atoms with Crippen molar-refractivity contribution in [1.29, 1.82) is 0 Å². The lowest BCUT2D eigenvalue weighted by molar-refractivity contribution is 0.865. The van der Waals surface area contributed by atoms with Gasteiger partial charge in [0.1, 0.15) is 0 Å². The highest BCUT2D eigenvalue weighted by Gasteiger charge is 1.76. The number of thioether (sulfide) groups is 1. The van der Waals surface area contributed by atoms with Gasteiger partial charge >= 0.3 is 0 Å². The predicted octanol–water partition coefficient (Wildman–Crippen LogP) is 2.91. The highest BCUT2D eigenvalue weighted by Crippen LogP contribution is 1.97. The van der Waals surface area contributed by atoms with Gasteiger partial charge in [-0.05, 0) is 19.1 Å². The maximum absolute atomic E-state index is 3.76. The summed E-state index contributed by atoms with van der Waals surface area (Å²) in [6.45, 7) is 3.76. The van der Waals surface area contributed by atoms with Gasteiger partial charge in [0, 0.05) is 5.75 Å². The molecule has 0 spiro atoms. The Morgan fingerprint density at radius 3 is 2.78 bits per heavy atom. The second-order valence-electron chi connectivity index (χ2n) is 1.92. The Morgan fingerprint density at radius 1 is 1.44 bits per heavy atom. The molecule has 0 rings (SSSR count). The Morgan fingerprint density at radius 2 is 2.22 bits per heavy atom. The van der Waals surface area contributed by atoms with Crippen LogP contribution in [0.2, 0.25) is 0 Å². The first-order valence-corrected chi connectivity index (χ1v) is 4.74. The van der Waals surface area contributed by atoms with E-state index in [9.17, 15) is 0 Å². The number of allylic oxidation sites excluding steroid dienone is 1. The van der Waals surface area contributed by atoms with E-state index in [2.05, 4.69) is 25.3 Å². The van der Waals surface area contributed by atoms with E-state index >= 15 is 0 Å². The van der Waals surface area contributed by atoms with Gasteiger partial charge in [-0.15, -0.1) is 0 Å². The summed E-state index contributed by atoms with van der Waals surface area (Å²) in [4.78, 5) is 0. The van der Waals surface area contributed by atoms with Gasteiger partial charge in [0.05, 0.1) is 0 Å². The topological polar surface area (TPSA) is 0 Å². The fraction of sp³-hybridized carbons (Fsp3) is 0.625. The molecule has 0 aliphatic heterocycles. The molecular formula is C8H15S. The van der Waals surface area contributed by atoms with Crippen LogP contribution in [0.25, 0.3) is 0 Å². The average molecular weight is 143 g/mol. The largest absolute Gasteiger partial charge is 0.161 e. The van der Waals surface area contributed by atoms with E-state index in [4.69, 9.17) is 0 Å². The minimum Gasteiger partial charge on any atom is -0.161 e. The zero-order valence-electron chi connectivity index (χ0n) is 6.10. The summed E-state index contributed by atoms with van der Waals surface area (Å²) in [5.74, 6) is 1.15. The van der Waals surface area contributed by atoms with Gasteiger partial charge in [-0.1, -0.05) is 25.5 Å². The van der Waals surface area contributed by atoms with Gasteiger partial charge in [-0.3, -0.25) is 0 Å². The first kappa shape index (κ1) is 9.09. The van der Waals surface area contributed by atoms with Crippen LogP contribution in [0.4, 0.5) is 0 Å². The molecule has 0 fully saturated rings. The number of unbranched alkanes of at least 4 members (excludes halogenated alkanes) is 2. The summed E-state index contributed by atoms with van der Waals surface area (Å²) in [6.07, 6.45) is 10.1. The first-order valence-electron chi connectivity index (χ1n) is 3.35. The monoisotopic (exact) mass is 143 g/mol.